The quantitative estimate of drug-likeness (QED) is 0.672. The smallest absolute Gasteiger partial charge is 0.315 e. The van der Waals surface area contributed by atoms with Crippen LogP contribution in [0.1, 0.15) is 38.2 Å². The number of carbonyl (C=O) groups excluding carboxylic acids is 1. The first-order chi connectivity index (χ1) is 13.2. The lowest BCUT2D eigenvalue weighted by molar-refractivity contribution is 0.227. The number of amides is 2. The minimum absolute atomic E-state index is 0.0397. The highest BCUT2D eigenvalue weighted by molar-refractivity contribution is 7.94. The van der Waals surface area contributed by atoms with Gasteiger partial charge in [-0.1, -0.05) is 41.6 Å². The van der Waals surface area contributed by atoms with Gasteiger partial charge in [-0.2, -0.15) is 0 Å². The number of sulfone groups is 1. The van der Waals surface area contributed by atoms with Crippen LogP contribution in [0.15, 0.2) is 30.2 Å². The summed E-state index contributed by atoms with van der Waals surface area (Å²) in [4.78, 5) is 12.2. The molecule has 152 valence electrons. The Morgan fingerprint density at radius 3 is 2.57 bits per heavy atom. The average Bonchev–Trinajstić information content (AvgIpc) is 2.64. The monoisotopic (exact) mass is 442 g/mol. The molecular formula is C20H24Cl2N2O3S. The first kappa shape index (κ1) is 22.6. The van der Waals surface area contributed by atoms with E-state index in [4.69, 9.17) is 23.2 Å². The third kappa shape index (κ3) is 7.38. The van der Waals surface area contributed by atoms with Gasteiger partial charge in [0.05, 0.1) is 21.8 Å². The summed E-state index contributed by atoms with van der Waals surface area (Å²) in [5.74, 6) is 6.17. The molecule has 1 saturated carbocycles. The lowest BCUT2D eigenvalue weighted by Crippen LogP contribution is -2.46. The van der Waals surface area contributed by atoms with Crippen molar-refractivity contribution in [3.8, 4) is 11.8 Å². The lowest BCUT2D eigenvalue weighted by atomic mass is 9.87. The van der Waals surface area contributed by atoms with Crippen molar-refractivity contribution in [1.82, 2.24) is 10.6 Å². The molecule has 0 heterocycles. The number of urea groups is 1. The van der Waals surface area contributed by atoms with Gasteiger partial charge in [0, 0.05) is 17.0 Å². The molecule has 0 bridgehead atoms. The number of hydrogen-bond donors (Lipinski definition) is 2. The van der Waals surface area contributed by atoms with Gasteiger partial charge in [0.1, 0.15) is 0 Å². The predicted octanol–water partition coefficient (Wildman–Crippen LogP) is 4.15. The van der Waals surface area contributed by atoms with E-state index in [0.29, 0.717) is 10.0 Å². The van der Waals surface area contributed by atoms with E-state index >= 15 is 0 Å². The molecule has 1 aromatic rings. The maximum atomic E-state index is 12.2. The van der Waals surface area contributed by atoms with Crippen molar-refractivity contribution < 1.29 is 13.2 Å². The molecule has 2 amide bonds. The Morgan fingerprint density at radius 1 is 1.29 bits per heavy atom. The molecule has 2 N–H and O–H groups in total. The molecule has 0 spiro atoms. The van der Waals surface area contributed by atoms with Gasteiger partial charge in [-0.25, -0.2) is 13.2 Å². The van der Waals surface area contributed by atoms with Crippen molar-refractivity contribution in [3.63, 3.8) is 0 Å². The molecule has 1 aromatic carbocycles. The van der Waals surface area contributed by atoms with Gasteiger partial charge >= 0.3 is 6.03 Å². The number of rotatable bonds is 5. The van der Waals surface area contributed by atoms with E-state index in [1.54, 1.807) is 25.1 Å². The normalized spacial score (nSPS) is 20.4. The predicted molar refractivity (Wildman–Crippen MR) is 114 cm³/mol. The van der Waals surface area contributed by atoms with Crippen molar-refractivity contribution in [1.29, 1.82) is 0 Å². The highest BCUT2D eigenvalue weighted by Crippen LogP contribution is 2.26. The van der Waals surface area contributed by atoms with Crippen LogP contribution in [0.5, 0.6) is 0 Å². The van der Waals surface area contributed by atoms with Crippen molar-refractivity contribution in [3.05, 3.63) is 45.8 Å². The zero-order valence-electron chi connectivity index (χ0n) is 15.7. The molecule has 0 saturated heterocycles. The van der Waals surface area contributed by atoms with Crippen molar-refractivity contribution in [2.24, 2.45) is 5.92 Å². The second-order valence-electron chi connectivity index (χ2n) is 6.95. The molecule has 0 aromatic heterocycles. The molecule has 5 nitrogen and oxygen atoms in total. The fourth-order valence-electron chi connectivity index (χ4n) is 3.10. The summed E-state index contributed by atoms with van der Waals surface area (Å²) in [6, 6.07) is 4.53. The summed E-state index contributed by atoms with van der Waals surface area (Å²) in [7, 11) is -3.18. The van der Waals surface area contributed by atoms with E-state index in [1.165, 1.54) is 0 Å². The molecule has 8 heteroatoms. The number of halogens is 2. The molecule has 28 heavy (non-hydrogen) atoms. The van der Waals surface area contributed by atoms with Crippen LogP contribution in [0.25, 0.3) is 0 Å². The molecule has 0 aliphatic heterocycles. The van der Waals surface area contributed by atoms with Crippen LogP contribution in [0.3, 0.4) is 0 Å². The topological polar surface area (TPSA) is 75.3 Å². The second kappa shape index (κ2) is 10.2. The minimum atomic E-state index is -3.18. The van der Waals surface area contributed by atoms with Gasteiger partial charge in [0.25, 0.3) is 0 Å². The summed E-state index contributed by atoms with van der Waals surface area (Å²) in [5.41, 5.74) is 0.719. The van der Waals surface area contributed by atoms with Crippen LogP contribution in [0.2, 0.25) is 10.0 Å². The highest BCUT2D eigenvalue weighted by Gasteiger charge is 2.25. The van der Waals surface area contributed by atoms with Crippen LogP contribution < -0.4 is 10.6 Å². The number of benzene rings is 1. The summed E-state index contributed by atoms with van der Waals surface area (Å²) >= 11 is 11.8. The highest BCUT2D eigenvalue weighted by atomic mass is 35.5. The summed E-state index contributed by atoms with van der Waals surface area (Å²) in [6.45, 7) is 5.14. The molecule has 1 unspecified atom stereocenters. The number of carbonyl (C=O) groups is 1. The van der Waals surface area contributed by atoms with Gasteiger partial charge < -0.3 is 10.6 Å². The average molecular weight is 443 g/mol. The Bertz CT molecular complexity index is 882. The van der Waals surface area contributed by atoms with E-state index in [9.17, 15) is 13.2 Å². The van der Waals surface area contributed by atoms with E-state index < -0.39 is 9.84 Å². The zero-order valence-corrected chi connectivity index (χ0v) is 18.0. The molecule has 2 rings (SSSR count). The van der Waals surface area contributed by atoms with Gasteiger partial charge in [-0.3, -0.25) is 0 Å². The largest absolute Gasteiger partial charge is 0.335 e. The Morgan fingerprint density at radius 2 is 1.96 bits per heavy atom. The first-order valence-corrected chi connectivity index (χ1v) is 11.5. The Balaban J connectivity index is 1.77. The Labute approximate surface area is 176 Å². The molecule has 1 fully saturated rings. The summed E-state index contributed by atoms with van der Waals surface area (Å²) < 4.78 is 23.2. The van der Waals surface area contributed by atoms with E-state index in [-0.39, 0.29) is 29.8 Å². The maximum absolute atomic E-state index is 12.2. The minimum Gasteiger partial charge on any atom is -0.335 e. The fourth-order valence-corrected chi connectivity index (χ4v) is 4.52. The Kier molecular flexibility index (Phi) is 8.23. The van der Waals surface area contributed by atoms with Crippen LogP contribution in [-0.4, -0.2) is 32.3 Å². The van der Waals surface area contributed by atoms with E-state index in [0.717, 1.165) is 36.7 Å². The second-order valence-corrected chi connectivity index (χ2v) is 9.76. The zero-order chi connectivity index (χ0) is 20.7. The van der Waals surface area contributed by atoms with Gasteiger partial charge in [-0.15, -0.1) is 0 Å². The van der Waals surface area contributed by atoms with Gasteiger partial charge in [0.2, 0.25) is 0 Å². The third-order valence-corrected chi connectivity index (χ3v) is 6.79. The van der Waals surface area contributed by atoms with Crippen molar-refractivity contribution in [2.45, 2.75) is 44.7 Å². The first-order valence-electron chi connectivity index (χ1n) is 9.07. The number of nitrogens with one attached hydrogen (secondary N) is 2. The van der Waals surface area contributed by atoms with Crippen LogP contribution in [0, 0.1) is 17.8 Å². The molecule has 1 atom stereocenters. The molecule has 1 aliphatic carbocycles. The molecule has 1 aliphatic rings. The number of hydrogen-bond acceptors (Lipinski definition) is 3. The van der Waals surface area contributed by atoms with Crippen molar-refractivity contribution >= 4 is 39.1 Å². The maximum Gasteiger partial charge on any atom is 0.315 e. The van der Waals surface area contributed by atoms with Crippen molar-refractivity contribution in [2.75, 3.05) is 5.75 Å². The lowest BCUT2D eigenvalue weighted by Gasteiger charge is -2.28. The fraction of sp³-hybridized carbons (Fsp3) is 0.450. The van der Waals surface area contributed by atoms with E-state index in [2.05, 4.69) is 29.1 Å². The summed E-state index contributed by atoms with van der Waals surface area (Å²) in [6.07, 6.45) is 3.05. The summed E-state index contributed by atoms with van der Waals surface area (Å²) in [5, 5.41) is 7.65. The van der Waals surface area contributed by atoms with Crippen LogP contribution >= 0.6 is 23.2 Å². The SMILES string of the molecule is C=CS(=O)(=O)CC1CCC(NC(=O)NC(C)C#Cc2ccc(Cl)c(Cl)c2)CC1. The molecular weight excluding hydrogens is 419 g/mol. The van der Waals surface area contributed by atoms with Gasteiger partial charge in [-0.05, 0) is 56.7 Å². The van der Waals surface area contributed by atoms with Crippen LogP contribution in [-0.2, 0) is 9.84 Å². The van der Waals surface area contributed by atoms with E-state index in [1.807, 2.05) is 0 Å². The van der Waals surface area contributed by atoms with Gasteiger partial charge in [0.15, 0.2) is 9.84 Å². The standard InChI is InChI=1S/C20H24Cl2N2O3S/c1-3-28(26,27)13-16-6-9-17(10-7-16)24-20(25)23-14(2)4-5-15-8-11-18(21)19(22)12-15/h3,8,11-12,14,16-17H,1,6-7,9-10,13H2,2H3,(H2,23,24,25). The third-order valence-electron chi connectivity index (χ3n) is 4.60. The Hall–Kier alpha value is -1.68. The molecule has 0 radical (unpaired) electrons. The van der Waals surface area contributed by atoms with Crippen LogP contribution in [0.4, 0.5) is 4.79 Å².